The van der Waals surface area contributed by atoms with E-state index in [1.807, 2.05) is 0 Å². The van der Waals surface area contributed by atoms with Crippen LogP contribution in [0.5, 0.6) is 0 Å². The van der Waals surface area contributed by atoms with Crippen molar-refractivity contribution in [2.75, 3.05) is 0 Å². The van der Waals surface area contributed by atoms with Crippen LogP contribution in [0.15, 0.2) is 24.3 Å². The van der Waals surface area contributed by atoms with E-state index in [2.05, 4.69) is 33.9 Å². The summed E-state index contributed by atoms with van der Waals surface area (Å²) >= 11 is 0.603. The molecule has 0 heterocycles. The van der Waals surface area contributed by atoms with Crippen molar-refractivity contribution >= 4 is 29.9 Å². The zero-order valence-electron chi connectivity index (χ0n) is 7.69. The molecule has 0 N–H and O–H groups in total. The third-order valence-corrected chi connectivity index (χ3v) is 4.34. The van der Waals surface area contributed by atoms with Crippen LogP contribution in [0, 0.1) is 22.5 Å². The second-order valence-electron chi connectivity index (χ2n) is 2.63. The van der Waals surface area contributed by atoms with Gasteiger partial charge in [-0.1, -0.05) is 0 Å². The van der Waals surface area contributed by atoms with Crippen molar-refractivity contribution in [3.05, 3.63) is 35.4 Å². The molecule has 14 heavy (non-hydrogen) atoms. The summed E-state index contributed by atoms with van der Waals surface area (Å²) in [6.45, 7) is 0. The average molecular weight is 312 g/mol. The van der Waals surface area contributed by atoms with Gasteiger partial charge in [0.25, 0.3) is 0 Å². The molecule has 0 bridgehead atoms. The third-order valence-electron chi connectivity index (χ3n) is 1.64. The van der Waals surface area contributed by atoms with Gasteiger partial charge in [0.15, 0.2) is 0 Å². The van der Waals surface area contributed by atoms with Gasteiger partial charge in [-0.05, 0) is 0 Å². The predicted molar refractivity (Wildman–Crippen MR) is 63.0 cm³/mol. The summed E-state index contributed by atoms with van der Waals surface area (Å²) in [6, 6.07) is 8.57. The van der Waals surface area contributed by atoms with Gasteiger partial charge in [-0.3, -0.25) is 0 Å². The molecule has 0 fully saturated rings. The van der Waals surface area contributed by atoms with E-state index < -0.39 is 0 Å². The van der Waals surface area contributed by atoms with E-state index in [1.165, 1.54) is 11.1 Å². The van der Waals surface area contributed by atoms with Crippen LogP contribution in [0.4, 0.5) is 0 Å². The summed E-state index contributed by atoms with van der Waals surface area (Å²) < 4.78 is 0. The Morgan fingerprint density at radius 3 is 1.93 bits per heavy atom. The van der Waals surface area contributed by atoms with Crippen molar-refractivity contribution < 1.29 is 0 Å². The molecular weight excluding hydrogens is 302 g/mol. The predicted octanol–water partition coefficient (Wildman–Crippen LogP) is 1.28. The fourth-order valence-corrected chi connectivity index (χ4v) is 2.86. The molecule has 0 nitrogen and oxygen atoms in total. The van der Waals surface area contributed by atoms with Crippen LogP contribution in [-0.2, 0) is 10.6 Å². The molecule has 2 heteroatoms. The monoisotopic (exact) mass is 314 g/mol. The second-order valence-corrected chi connectivity index (χ2v) is 6.04. The van der Waals surface area contributed by atoms with E-state index in [9.17, 15) is 0 Å². The van der Waals surface area contributed by atoms with E-state index >= 15 is 0 Å². The summed E-state index contributed by atoms with van der Waals surface area (Å²) in [5.41, 5.74) is 2.68. The van der Waals surface area contributed by atoms with Crippen LogP contribution in [0.25, 0.3) is 0 Å². The molecular formula is C12H10Se2. The molecule has 70 valence electrons. The van der Waals surface area contributed by atoms with Gasteiger partial charge in [0.05, 0.1) is 0 Å². The van der Waals surface area contributed by atoms with Crippen LogP contribution in [-0.4, -0.2) is 29.9 Å². The van der Waals surface area contributed by atoms with E-state index in [4.69, 9.17) is 12.8 Å². The summed E-state index contributed by atoms with van der Waals surface area (Å²) in [5, 5.41) is 2.06. The van der Waals surface area contributed by atoms with Crippen LogP contribution >= 0.6 is 0 Å². The molecule has 0 amide bonds. The minimum absolute atomic E-state index is 0.301. The van der Waals surface area contributed by atoms with Crippen molar-refractivity contribution in [2.24, 2.45) is 0 Å². The molecule has 0 saturated carbocycles. The number of benzene rings is 1. The Kier molecular flexibility index (Phi) is 5.54. The summed E-state index contributed by atoms with van der Waals surface area (Å²) in [7, 11) is 0. The average Bonchev–Trinajstić information content (AvgIpc) is 2.24. The first-order chi connectivity index (χ1) is 6.86. The van der Waals surface area contributed by atoms with E-state index in [1.54, 1.807) is 0 Å². The van der Waals surface area contributed by atoms with Gasteiger partial charge >= 0.3 is 98.4 Å². The number of hydrogen-bond donors (Lipinski definition) is 0. The van der Waals surface area contributed by atoms with Gasteiger partial charge < -0.3 is 0 Å². The zero-order chi connectivity index (χ0) is 10.2. The van der Waals surface area contributed by atoms with Crippen molar-refractivity contribution in [1.29, 1.82) is 0 Å². The second kappa shape index (κ2) is 6.78. The molecule has 0 aromatic heterocycles. The standard InChI is InChI=1S/C12H10Se2/c1-3-13-9-11-6-5-7-12(8-11)10-14-4-2/h1-2,5-8H,9-10H2. The van der Waals surface area contributed by atoms with Crippen molar-refractivity contribution in [1.82, 2.24) is 0 Å². The molecule has 0 atom stereocenters. The quantitative estimate of drug-likeness (QED) is 0.580. The molecule has 0 aliphatic rings. The van der Waals surface area contributed by atoms with Gasteiger partial charge in [0, 0.05) is 0 Å². The molecule has 0 saturated heterocycles. The van der Waals surface area contributed by atoms with Crippen molar-refractivity contribution in [3.63, 3.8) is 0 Å². The third kappa shape index (κ3) is 4.06. The molecule has 1 aromatic carbocycles. The Hall–Kier alpha value is -0.621. The summed E-state index contributed by atoms with van der Waals surface area (Å²) in [4.78, 5) is 5.43. The topological polar surface area (TPSA) is 0 Å². The number of rotatable bonds is 4. The van der Waals surface area contributed by atoms with Crippen molar-refractivity contribution in [3.8, 4) is 22.5 Å². The SMILES string of the molecule is C#C[Se]Cc1cccc(C[Se]C#C)c1. The Balaban J connectivity index is 2.61. The summed E-state index contributed by atoms with van der Waals surface area (Å²) in [6.07, 6.45) is 10.5. The van der Waals surface area contributed by atoms with E-state index in [0.717, 1.165) is 10.6 Å². The molecule has 1 rings (SSSR count). The maximum absolute atomic E-state index is 5.25. The summed E-state index contributed by atoms with van der Waals surface area (Å²) in [5.74, 6) is 0. The normalized spacial score (nSPS) is 9.00. The molecule has 1 aromatic rings. The number of hydrogen-bond acceptors (Lipinski definition) is 0. The van der Waals surface area contributed by atoms with E-state index in [0.29, 0.717) is 29.9 Å². The minimum atomic E-state index is 0.301. The molecule has 0 aliphatic heterocycles. The van der Waals surface area contributed by atoms with Gasteiger partial charge in [0.1, 0.15) is 0 Å². The Bertz CT molecular complexity index is 335. The molecule has 0 aliphatic carbocycles. The first-order valence-corrected chi connectivity index (χ1v) is 8.23. The Labute approximate surface area is 98.2 Å². The number of terminal acetylenes is 2. The molecule has 0 unspecified atom stereocenters. The van der Waals surface area contributed by atoms with Crippen LogP contribution in [0.2, 0.25) is 0 Å². The van der Waals surface area contributed by atoms with E-state index in [-0.39, 0.29) is 0 Å². The van der Waals surface area contributed by atoms with Crippen LogP contribution in [0.1, 0.15) is 11.1 Å². The zero-order valence-corrected chi connectivity index (χ0v) is 11.1. The fourth-order valence-electron chi connectivity index (χ4n) is 1.06. The fraction of sp³-hybridized carbons (Fsp3) is 0.167. The Morgan fingerprint density at radius 1 is 1.00 bits per heavy atom. The van der Waals surface area contributed by atoms with Crippen LogP contribution < -0.4 is 0 Å². The van der Waals surface area contributed by atoms with Crippen molar-refractivity contribution in [2.45, 2.75) is 10.6 Å². The van der Waals surface area contributed by atoms with Gasteiger partial charge in [-0.2, -0.15) is 0 Å². The van der Waals surface area contributed by atoms with Gasteiger partial charge in [0.2, 0.25) is 0 Å². The maximum atomic E-state index is 5.25. The molecule has 0 radical (unpaired) electrons. The first-order valence-electron chi connectivity index (χ1n) is 4.09. The van der Waals surface area contributed by atoms with Gasteiger partial charge in [-0.25, -0.2) is 0 Å². The first kappa shape index (κ1) is 11.5. The van der Waals surface area contributed by atoms with Gasteiger partial charge in [-0.15, -0.1) is 0 Å². The molecule has 0 spiro atoms. The Morgan fingerprint density at radius 2 is 1.50 bits per heavy atom. The van der Waals surface area contributed by atoms with Crippen LogP contribution in [0.3, 0.4) is 0 Å².